The minimum absolute atomic E-state index is 0.0402. The monoisotopic (exact) mass is 459 g/mol. The number of nitrogens with two attached hydrogens (primary N) is 1. The van der Waals surface area contributed by atoms with Gasteiger partial charge in [0.15, 0.2) is 5.57 Å². The zero-order valence-corrected chi connectivity index (χ0v) is 18.5. The van der Waals surface area contributed by atoms with E-state index in [1.807, 2.05) is 42.5 Å². The summed E-state index contributed by atoms with van der Waals surface area (Å²) in [5.41, 5.74) is 2.35. The number of esters is 1. The second-order valence-corrected chi connectivity index (χ2v) is 9.28. The molecule has 1 aliphatic heterocycles. The molecule has 0 unspecified atom stereocenters. The molecule has 8 nitrogen and oxygen atoms in total. The number of carbonyl (C=O) groups excluding carboxylic acids is 2. The van der Waals surface area contributed by atoms with Crippen LogP contribution in [0.4, 0.5) is 5.69 Å². The molecule has 0 saturated heterocycles. The second-order valence-electron chi connectivity index (χ2n) is 6.51. The molecule has 0 radical (unpaired) electrons. The number of primary sulfonamides is 1. The number of hydrogen-bond donors (Lipinski definition) is 3. The lowest BCUT2D eigenvalue weighted by atomic mass is 10.1. The van der Waals surface area contributed by atoms with Crippen molar-refractivity contribution in [1.29, 1.82) is 0 Å². The van der Waals surface area contributed by atoms with Crippen LogP contribution in [-0.4, -0.2) is 26.9 Å². The van der Waals surface area contributed by atoms with Crippen LogP contribution in [0.3, 0.4) is 0 Å². The van der Waals surface area contributed by atoms with Crippen LogP contribution in [0.1, 0.15) is 13.8 Å². The van der Waals surface area contributed by atoms with Crippen LogP contribution in [-0.2, 0) is 24.3 Å². The third kappa shape index (κ3) is 5.35. The Labute approximate surface area is 184 Å². The maximum Gasteiger partial charge on any atom is 0.346 e. The fraction of sp³-hybridized carbons (Fsp3) is 0.143. The minimum Gasteiger partial charge on any atom is -0.462 e. The molecule has 0 saturated carbocycles. The predicted octanol–water partition coefficient (Wildman–Crippen LogP) is 2.88. The Morgan fingerprint density at radius 3 is 2.23 bits per heavy atom. The average molecular weight is 460 g/mol. The lowest BCUT2D eigenvalue weighted by molar-refractivity contribution is -0.139. The highest BCUT2D eigenvalue weighted by molar-refractivity contribution is 8.20. The summed E-state index contributed by atoms with van der Waals surface area (Å²) in [4.78, 5) is 25.4. The Balaban J connectivity index is 1.86. The molecule has 0 atom stereocenters. The van der Waals surface area contributed by atoms with E-state index in [1.165, 1.54) is 6.92 Å². The van der Waals surface area contributed by atoms with E-state index in [4.69, 9.17) is 9.88 Å². The summed E-state index contributed by atoms with van der Waals surface area (Å²) < 4.78 is 28.3. The molecule has 0 bridgehead atoms. The highest BCUT2D eigenvalue weighted by Crippen LogP contribution is 2.37. The Bertz CT molecular complexity index is 1170. The van der Waals surface area contributed by atoms with Crippen LogP contribution >= 0.6 is 11.8 Å². The first-order chi connectivity index (χ1) is 14.7. The number of hydrogen-bond acceptors (Lipinski definition) is 7. The van der Waals surface area contributed by atoms with E-state index >= 15 is 0 Å². The largest absolute Gasteiger partial charge is 0.462 e. The maximum atomic E-state index is 12.9. The maximum absolute atomic E-state index is 12.9. The van der Waals surface area contributed by atoms with Crippen LogP contribution in [0.25, 0.3) is 11.1 Å². The van der Waals surface area contributed by atoms with Gasteiger partial charge in [0, 0.05) is 11.4 Å². The highest BCUT2D eigenvalue weighted by atomic mass is 32.3. The molecule has 0 fully saturated rings. The summed E-state index contributed by atoms with van der Waals surface area (Å²) in [6.45, 7) is 3.14. The van der Waals surface area contributed by atoms with Gasteiger partial charge in [-0.15, -0.1) is 0 Å². The molecular weight excluding hydrogens is 438 g/mol. The number of ether oxygens (including phenoxy) is 1. The number of anilines is 1. The summed E-state index contributed by atoms with van der Waals surface area (Å²) in [5, 5.41) is 10.6. The minimum atomic E-state index is -4.01. The number of allylic oxidation sites excluding steroid dienone is 1. The van der Waals surface area contributed by atoms with Crippen LogP contribution in [0.5, 0.6) is 0 Å². The zero-order chi connectivity index (χ0) is 22.6. The second kappa shape index (κ2) is 9.38. The molecule has 0 aliphatic carbocycles. The normalized spacial score (nSPS) is 15.3. The van der Waals surface area contributed by atoms with E-state index in [-0.39, 0.29) is 27.1 Å². The van der Waals surface area contributed by atoms with Gasteiger partial charge >= 0.3 is 5.97 Å². The Morgan fingerprint density at radius 2 is 1.68 bits per heavy atom. The molecule has 1 amide bonds. The van der Waals surface area contributed by atoms with Gasteiger partial charge in [0.1, 0.15) is 4.24 Å². The van der Waals surface area contributed by atoms with Gasteiger partial charge in [-0.2, -0.15) is 0 Å². The van der Waals surface area contributed by atoms with Crippen molar-refractivity contribution in [3.05, 3.63) is 75.1 Å². The van der Waals surface area contributed by atoms with Crippen molar-refractivity contribution in [1.82, 2.24) is 5.32 Å². The van der Waals surface area contributed by atoms with Crippen LogP contribution in [0.2, 0.25) is 0 Å². The molecule has 1 aliphatic rings. The Kier molecular flexibility index (Phi) is 6.84. The number of nitrogens with one attached hydrogen (secondary N) is 2. The SMILES string of the molecule is CCOC(=O)/C(C(=O)Nc1ccc(-c2ccccc2)cc1)=C1/NC(C)=C(S(N)(=O)=O)S1. The van der Waals surface area contributed by atoms with Crippen molar-refractivity contribution >= 4 is 39.3 Å². The molecule has 4 N–H and O–H groups in total. The smallest absolute Gasteiger partial charge is 0.346 e. The number of carbonyl (C=O) groups is 2. The van der Waals surface area contributed by atoms with Gasteiger partial charge in [0.25, 0.3) is 5.91 Å². The highest BCUT2D eigenvalue weighted by Gasteiger charge is 2.33. The topological polar surface area (TPSA) is 128 Å². The van der Waals surface area contributed by atoms with Gasteiger partial charge in [-0.1, -0.05) is 54.2 Å². The average Bonchev–Trinajstić information content (AvgIpc) is 3.11. The van der Waals surface area contributed by atoms with Crippen LogP contribution < -0.4 is 15.8 Å². The quantitative estimate of drug-likeness (QED) is 0.262. The number of benzene rings is 2. The summed E-state index contributed by atoms with van der Waals surface area (Å²) in [5.74, 6) is -1.61. The summed E-state index contributed by atoms with van der Waals surface area (Å²) in [6, 6.07) is 16.8. The van der Waals surface area contributed by atoms with Crippen molar-refractivity contribution in [2.45, 2.75) is 13.8 Å². The van der Waals surface area contributed by atoms with Crippen molar-refractivity contribution in [2.75, 3.05) is 11.9 Å². The van der Waals surface area contributed by atoms with Gasteiger partial charge < -0.3 is 15.4 Å². The van der Waals surface area contributed by atoms with E-state index in [2.05, 4.69) is 10.6 Å². The van der Waals surface area contributed by atoms with Crippen LogP contribution in [0.15, 0.2) is 75.1 Å². The Morgan fingerprint density at radius 1 is 1.06 bits per heavy atom. The van der Waals surface area contributed by atoms with Crippen molar-refractivity contribution in [3.63, 3.8) is 0 Å². The van der Waals surface area contributed by atoms with Crippen molar-refractivity contribution < 1.29 is 22.7 Å². The summed E-state index contributed by atoms with van der Waals surface area (Å²) >= 11 is 0.700. The van der Waals surface area contributed by atoms with Gasteiger partial charge in [0.05, 0.1) is 11.6 Å². The lowest BCUT2D eigenvalue weighted by Gasteiger charge is -2.12. The fourth-order valence-corrected chi connectivity index (χ4v) is 4.93. The van der Waals surface area contributed by atoms with Crippen LogP contribution in [0, 0.1) is 0 Å². The number of amides is 1. The fourth-order valence-electron chi connectivity index (χ4n) is 2.86. The third-order valence-corrected chi connectivity index (χ3v) is 7.02. The molecular formula is C21H21N3O5S2. The molecule has 0 aromatic heterocycles. The first-order valence-corrected chi connectivity index (χ1v) is 11.6. The number of thioether (sulfide) groups is 1. The first-order valence-electron chi connectivity index (χ1n) is 9.27. The van der Waals surface area contributed by atoms with Crippen molar-refractivity contribution in [3.8, 4) is 11.1 Å². The van der Waals surface area contributed by atoms with Gasteiger partial charge in [0.2, 0.25) is 10.0 Å². The van der Waals surface area contributed by atoms with Crippen molar-refractivity contribution in [2.24, 2.45) is 5.14 Å². The van der Waals surface area contributed by atoms with Gasteiger partial charge in [-0.05, 0) is 37.1 Å². The van der Waals surface area contributed by atoms with E-state index in [1.54, 1.807) is 19.1 Å². The van der Waals surface area contributed by atoms with Gasteiger partial charge in [-0.25, -0.2) is 18.4 Å². The van der Waals surface area contributed by atoms with E-state index in [9.17, 15) is 18.0 Å². The summed E-state index contributed by atoms with van der Waals surface area (Å²) in [7, 11) is -4.01. The van der Waals surface area contributed by atoms with E-state index in [0.29, 0.717) is 17.4 Å². The molecule has 162 valence electrons. The van der Waals surface area contributed by atoms with E-state index in [0.717, 1.165) is 11.1 Å². The predicted molar refractivity (Wildman–Crippen MR) is 121 cm³/mol. The lowest BCUT2D eigenvalue weighted by Crippen LogP contribution is -2.26. The molecule has 0 spiro atoms. The number of rotatable bonds is 6. The molecule has 31 heavy (non-hydrogen) atoms. The molecule has 2 aromatic rings. The first kappa shape index (κ1) is 22.6. The molecule has 1 heterocycles. The third-order valence-electron chi connectivity index (χ3n) is 4.24. The summed E-state index contributed by atoms with van der Waals surface area (Å²) in [6.07, 6.45) is 0. The Hall–Kier alpha value is -3.08. The zero-order valence-electron chi connectivity index (χ0n) is 16.8. The molecule has 2 aromatic carbocycles. The molecule has 3 rings (SSSR count). The van der Waals surface area contributed by atoms with E-state index < -0.39 is 21.9 Å². The van der Waals surface area contributed by atoms with Gasteiger partial charge in [-0.3, -0.25) is 4.79 Å². The number of sulfonamides is 1. The standard InChI is InChI=1S/C21H21N3O5S2/c1-3-29-20(26)17(19-23-13(2)21(30-19)31(22,27)28)18(25)24-16-11-9-15(10-12-16)14-7-5-4-6-8-14/h4-12,23H,3H2,1-2H3,(H,24,25)(H2,22,27,28)/b19-17-. The molecule has 10 heteroatoms.